The minimum atomic E-state index is -2.00. The van der Waals surface area contributed by atoms with Crippen molar-refractivity contribution in [2.24, 2.45) is 0 Å². The Morgan fingerprint density at radius 1 is 0.750 bits per heavy atom. The molecule has 1 heterocycles. The number of fused-ring (bicyclic) bond motifs is 2. The quantitative estimate of drug-likeness (QED) is 0.217. The van der Waals surface area contributed by atoms with Gasteiger partial charge in [-0.1, -0.05) is 54.6 Å². The summed E-state index contributed by atoms with van der Waals surface area (Å²) in [6.07, 6.45) is 7.56. The minimum Gasteiger partial charge on any atom is -0.309 e. The van der Waals surface area contributed by atoms with Crippen LogP contribution in [-0.4, -0.2) is 25.0 Å². The third-order valence-electron chi connectivity index (χ3n) is 4.94. The fourth-order valence-corrected chi connectivity index (χ4v) is 10.3. The number of hydrogen-bond acceptors (Lipinski definition) is 2. The maximum atomic E-state index is 2.73. The van der Waals surface area contributed by atoms with Gasteiger partial charge >= 0.3 is 0 Å². The molecule has 28 heavy (non-hydrogen) atoms. The maximum absolute atomic E-state index is 2.73. The van der Waals surface area contributed by atoms with E-state index in [1.165, 1.54) is 38.0 Å². The fourth-order valence-electron chi connectivity index (χ4n) is 3.91. The van der Waals surface area contributed by atoms with Gasteiger partial charge in [-0.15, -0.1) is 11.8 Å². The van der Waals surface area contributed by atoms with Crippen molar-refractivity contribution < 1.29 is 0 Å². The molecule has 4 heteroatoms. The first-order valence-electron chi connectivity index (χ1n) is 9.33. The van der Waals surface area contributed by atoms with Crippen LogP contribution in [-0.2, 0) is 0 Å². The number of halogens is 1. The predicted octanol–water partition coefficient (Wildman–Crippen LogP) is 7.86. The van der Waals surface area contributed by atoms with Gasteiger partial charge in [-0.25, -0.2) is 6.33 Å². The molecule has 4 rings (SSSR count). The second kappa shape index (κ2) is 7.15. The number of rotatable bonds is 3. The largest absolute Gasteiger partial charge is 0.309 e. The molecule has 3 aromatic rings. The number of hydrogen-bond donors (Lipinski definition) is 1. The average Bonchev–Trinajstić information content (AvgIpc) is 2.67. The van der Waals surface area contributed by atoms with Crippen LogP contribution in [0.1, 0.15) is 11.1 Å². The molecule has 0 saturated carbocycles. The van der Waals surface area contributed by atoms with Crippen LogP contribution < -0.4 is 4.90 Å². The Bertz CT molecular complexity index is 1010. The van der Waals surface area contributed by atoms with Gasteiger partial charge in [0.2, 0.25) is 0 Å². The smallest absolute Gasteiger partial charge is 0.0541 e. The first kappa shape index (κ1) is 19.9. The summed E-state index contributed by atoms with van der Waals surface area (Å²) in [7, 11) is 0. The van der Waals surface area contributed by atoms with Gasteiger partial charge in [0.1, 0.15) is 0 Å². The highest BCUT2D eigenvalue weighted by Crippen LogP contribution is 2.78. The van der Waals surface area contributed by atoms with E-state index in [1.54, 1.807) is 0 Å². The van der Waals surface area contributed by atoms with E-state index in [2.05, 4.69) is 130 Å². The Hall–Kier alpha value is -1.37. The zero-order valence-corrected chi connectivity index (χ0v) is 20.6. The van der Waals surface area contributed by atoms with E-state index in [0.29, 0.717) is 0 Å². The Morgan fingerprint density at radius 2 is 1.21 bits per heavy atom. The normalized spacial score (nSPS) is 14.7. The first-order valence-corrected chi connectivity index (χ1v) is 16.9. The van der Waals surface area contributed by atoms with Gasteiger partial charge in [0.25, 0.3) is 0 Å². The van der Waals surface area contributed by atoms with Crippen molar-refractivity contribution in [3.05, 3.63) is 94.2 Å². The molecular formula is C24H26INS2. The monoisotopic (exact) mass is 519 g/mol. The fraction of sp³-hybridized carbons (Fsp3) is 0.167. The van der Waals surface area contributed by atoms with Crippen molar-refractivity contribution in [3.63, 3.8) is 0 Å². The van der Waals surface area contributed by atoms with Crippen molar-refractivity contribution in [1.29, 1.82) is 0 Å². The van der Waals surface area contributed by atoms with Gasteiger partial charge < -0.3 is 4.90 Å². The lowest BCUT2D eigenvalue weighted by atomic mass is 9.91. The van der Waals surface area contributed by atoms with Crippen LogP contribution >= 0.6 is 39.3 Å². The summed E-state index contributed by atoms with van der Waals surface area (Å²) >= 11 is 4.65. The number of nitrogens with zero attached hydrogens (tertiary/aromatic N) is 1. The van der Waals surface area contributed by atoms with E-state index in [-0.39, 0.29) is 0 Å². The SMILES string of the molecule is CSC(=C1c2ccccc2N(c2ccccc2)c2ccccc21)[SH](C)(C)(C)I. The molecule has 0 bridgehead atoms. The highest BCUT2D eigenvalue weighted by molar-refractivity contribution is 14.2. The molecule has 0 fully saturated rings. The van der Waals surface area contributed by atoms with Crippen molar-refractivity contribution in [2.45, 2.75) is 0 Å². The van der Waals surface area contributed by atoms with Crippen LogP contribution in [0.2, 0.25) is 0 Å². The molecule has 0 amide bonds. The zero-order valence-electron chi connectivity index (χ0n) is 16.7. The van der Waals surface area contributed by atoms with Gasteiger partial charge in [0.15, 0.2) is 0 Å². The molecular weight excluding hydrogens is 493 g/mol. The van der Waals surface area contributed by atoms with Crippen LogP contribution in [0.3, 0.4) is 0 Å². The molecule has 0 N–H and O–H groups in total. The van der Waals surface area contributed by atoms with E-state index >= 15 is 0 Å². The second-order valence-corrected chi connectivity index (χ2v) is 25.1. The highest BCUT2D eigenvalue weighted by atomic mass is 127. The summed E-state index contributed by atoms with van der Waals surface area (Å²) in [6, 6.07) is 28.4. The number of para-hydroxylation sites is 3. The topological polar surface area (TPSA) is 3.24 Å². The average molecular weight is 520 g/mol. The van der Waals surface area contributed by atoms with E-state index < -0.39 is 6.33 Å². The Morgan fingerprint density at radius 3 is 1.68 bits per heavy atom. The summed E-state index contributed by atoms with van der Waals surface area (Å²) in [6.45, 7) is 0. The molecule has 0 radical (unpaired) electrons. The van der Waals surface area contributed by atoms with E-state index in [9.17, 15) is 0 Å². The van der Waals surface area contributed by atoms with Crippen molar-refractivity contribution in [2.75, 3.05) is 29.9 Å². The lowest BCUT2D eigenvalue weighted by Crippen LogP contribution is -2.19. The van der Waals surface area contributed by atoms with Crippen LogP contribution in [0, 0.1) is 0 Å². The molecule has 1 aliphatic heterocycles. The van der Waals surface area contributed by atoms with Crippen molar-refractivity contribution in [3.8, 4) is 0 Å². The number of benzene rings is 3. The van der Waals surface area contributed by atoms with Gasteiger partial charge in [-0.2, -0.15) is 0 Å². The van der Waals surface area contributed by atoms with E-state index in [4.69, 9.17) is 0 Å². The zero-order chi connectivity index (χ0) is 20.0. The molecule has 0 spiro atoms. The minimum absolute atomic E-state index is 1.20. The summed E-state index contributed by atoms with van der Waals surface area (Å²) in [5, 5.41) is 0. The Balaban J connectivity index is 2.12. The number of thiol groups is 1. The van der Waals surface area contributed by atoms with Gasteiger partial charge in [-0.3, -0.25) is 0 Å². The van der Waals surface area contributed by atoms with Gasteiger partial charge in [-0.05, 0) is 70.5 Å². The van der Waals surface area contributed by atoms with Crippen molar-refractivity contribution >= 4 is 61.9 Å². The molecule has 1 nitrogen and oxygen atoms in total. The number of anilines is 3. The van der Waals surface area contributed by atoms with E-state index in [0.717, 1.165) is 0 Å². The highest BCUT2D eigenvalue weighted by Gasteiger charge is 2.35. The predicted molar refractivity (Wildman–Crippen MR) is 141 cm³/mol. The standard InChI is InChI=1S/C24H26INS2/c1-27-24(28(2,3,4)25)23-19-14-8-10-16-21(19)26(18-12-6-5-7-13-18)22-17-11-9-15-20(22)23/h5-17,28H,1-4H3. The molecule has 0 aromatic heterocycles. The molecule has 0 saturated heterocycles. The number of thioether (sulfide) groups is 1. The van der Waals surface area contributed by atoms with Gasteiger partial charge in [0.05, 0.1) is 11.4 Å². The second-order valence-electron chi connectivity index (χ2n) is 8.19. The summed E-state index contributed by atoms with van der Waals surface area (Å²) in [4.78, 5) is 2.40. The molecule has 1 aliphatic rings. The summed E-state index contributed by atoms with van der Waals surface area (Å²) in [5.41, 5.74) is 7.77. The van der Waals surface area contributed by atoms with Crippen LogP contribution in [0.15, 0.2) is 83.1 Å². The summed E-state index contributed by atoms with van der Waals surface area (Å²) < 4.78 is 1.53. The van der Waals surface area contributed by atoms with Gasteiger partial charge in [0, 0.05) is 26.6 Å². The third kappa shape index (κ3) is 3.51. The molecule has 0 atom stereocenters. The van der Waals surface area contributed by atoms with Crippen LogP contribution in [0.25, 0.3) is 5.57 Å². The summed E-state index contributed by atoms with van der Waals surface area (Å²) in [5.74, 6) is 0. The first-order chi connectivity index (χ1) is 13.3. The molecule has 146 valence electrons. The Labute approximate surface area is 185 Å². The third-order valence-corrected chi connectivity index (χ3v) is 12.0. The van der Waals surface area contributed by atoms with Crippen LogP contribution in [0.5, 0.6) is 0 Å². The lowest BCUT2D eigenvalue weighted by Gasteiger charge is -2.49. The maximum Gasteiger partial charge on any atom is 0.0541 e. The molecule has 0 unspecified atom stereocenters. The van der Waals surface area contributed by atoms with E-state index in [1.807, 2.05) is 11.8 Å². The lowest BCUT2D eigenvalue weighted by molar-refractivity contribution is 1.24. The molecule has 0 aliphatic carbocycles. The van der Waals surface area contributed by atoms with Crippen LogP contribution in [0.4, 0.5) is 17.1 Å². The Kier molecular flexibility index (Phi) is 5.09. The van der Waals surface area contributed by atoms with Crippen molar-refractivity contribution in [1.82, 2.24) is 0 Å². The molecule has 3 aromatic carbocycles.